The van der Waals surface area contributed by atoms with Crippen LogP contribution in [0.1, 0.15) is 43.2 Å². The molecule has 2 saturated heterocycles. The van der Waals surface area contributed by atoms with Crippen molar-refractivity contribution >= 4 is 12.0 Å². The lowest BCUT2D eigenvalue weighted by Gasteiger charge is -2.31. The van der Waals surface area contributed by atoms with E-state index in [0.717, 1.165) is 57.4 Å². The Balaban J connectivity index is 0.980. The number of benzene rings is 2. The van der Waals surface area contributed by atoms with Crippen LogP contribution in [0, 0.1) is 23.6 Å². The summed E-state index contributed by atoms with van der Waals surface area (Å²) in [6.07, 6.45) is 5.13. The van der Waals surface area contributed by atoms with Gasteiger partial charge in [0, 0.05) is 32.2 Å². The summed E-state index contributed by atoms with van der Waals surface area (Å²) in [7, 11) is 0. The van der Waals surface area contributed by atoms with E-state index in [1.54, 1.807) is 17.0 Å². The van der Waals surface area contributed by atoms with E-state index in [1.807, 2.05) is 35.2 Å². The van der Waals surface area contributed by atoms with Gasteiger partial charge in [-0.25, -0.2) is 9.18 Å². The predicted octanol–water partition coefficient (Wildman–Crippen LogP) is 5.05. The summed E-state index contributed by atoms with van der Waals surface area (Å²) in [6, 6.07) is 14.6. The molecule has 7 heteroatoms. The number of piperidine rings is 1. The van der Waals surface area contributed by atoms with E-state index in [4.69, 9.17) is 9.47 Å². The first-order chi connectivity index (χ1) is 17.6. The number of halogens is 1. The zero-order valence-corrected chi connectivity index (χ0v) is 20.7. The van der Waals surface area contributed by atoms with Gasteiger partial charge in [0.1, 0.15) is 18.2 Å². The van der Waals surface area contributed by atoms with Crippen LogP contribution >= 0.6 is 0 Å². The smallest absolute Gasteiger partial charge is 0.410 e. The fourth-order valence-corrected chi connectivity index (χ4v) is 5.43. The highest BCUT2D eigenvalue weighted by Crippen LogP contribution is 2.49. The third kappa shape index (κ3) is 6.18. The first-order valence-corrected chi connectivity index (χ1v) is 13.2. The quantitative estimate of drug-likeness (QED) is 0.489. The van der Waals surface area contributed by atoms with Crippen molar-refractivity contribution in [1.29, 1.82) is 0 Å². The van der Waals surface area contributed by atoms with Gasteiger partial charge in [0.2, 0.25) is 5.91 Å². The first-order valence-electron chi connectivity index (χ1n) is 13.2. The molecule has 0 radical (unpaired) electrons. The number of rotatable bonds is 9. The van der Waals surface area contributed by atoms with E-state index in [9.17, 15) is 14.0 Å². The molecule has 3 aliphatic rings. The van der Waals surface area contributed by atoms with Crippen LogP contribution in [0.15, 0.2) is 48.5 Å². The molecule has 2 atom stereocenters. The summed E-state index contributed by atoms with van der Waals surface area (Å²) >= 11 is 0. The maximum atomic E-state index is 14.4. The molecule has 2 aliphatic heterocycles. The highest BCUT2D eigenvalue weighted by molar-refractivity contribution is 5.79. The summed E-state index contributed by atoms with van der Waals surface area (Å²) in [4.78, 5) is 28.1. The molecule has 2 heterocycles. The first kappa shape index (κ1) is 24.6. The number of ether oxygens (including phenoxy) is 2. The zero-order valence-electron chi connectivity index (χ0n) is 20.7. The Bertz CT molecular complexity index is 1050. The summed E-state index contributed by atoms with van der Waals surface area (Å²) in [5.41, 5.74) is 1.43. The van der Waals surface area contributed by atoms with Gasteiger partial charge in [-0.1, -0.05) is 36.4 Å². The Kier molecular flexibility index (Phi) is 7.73. The fraction of sp³-hybridized carbons (Fsp3) is 0.517. The highest BCUT2D eigenvalue weighted by Gasteiger charge is 2.43. The molecule has 0 unspecified atom stereocenters. The van der Waals surface area contributed by atoms with Crippen LogP contribution in [0.3, 0.4) is 0 Å². The molecule has 6 nitrogen and oxygen atoms in total. The Hall–Kier alpha value is -3.09. The van der Waals surface area contributed by atoms with Crippen LogP contribution in [0.5, 0.6) is 5.75 Å². The van der Waals surface area contributed by atoms with Crippen molar-refractivity contribution < 1.29 is 23.5 Å². The molecule has 1 aliphatic carbocycles. The van der Waals surface area contributed by atoms with Crippen molar-refractivity contribution in [3.8, 4) is 5.75 Å². The molecule has 192 valence electrons. The average Bonchev–Trinajstić information content (AvgIpc) is 3.63. The molecule has 5 rings (SSSR count). The minimum Gasteiger partial charge on any atom is -0.493 e. The van der Waals surface area contributed by atoms with E-state index in [2.05, 4.69) is 0 Å². The maximum Gasteiger partial charge on any atom is 0.410 e. The van der Waals surface area contributed by atoms with E-state index in [1.165, 1.54) is 12.5 Å². The third-order valence-electron chi connectivity index (χ3n) is 7.92. The number of likely N-dealkylation sites (tertiary alicyclic amines) is 2. The maximum absolute atomic E-state index is 14.4. The number of carbonyl (C=O) groups excluding carboxylic acids is 2. The molecule has 2 aromatic carbocycles. The number of nitrogens with zero attached hydrogens (tertiary/aromatic N) is 2. The summed E-state index contributed by atoms with van der Waals surface area (Å²) < 4.78 is 25.7. The van der Waals surface area contributed by atoms with E-state index < -0.39 is 0 Å². The minimum absolute atomic E-state index is 0.0106. The van der Waals surface area contributed by atoms with E-state index in [0.29, 0.717) is 42.3 Å². The van der Waals surface area contributed by atoms with Gasteiger partial charge in [0.15, 0.2) is 0 Å². The van der Waals surface area contributed by atoms with Crippen LogP contribution in [0.4, 0.5) is 9.18 Å². The molecule has 0 N–H and O–H groups in total. The topological polar surface area (TPSA) is 59.1 Å². The van der Waals surface area contributed by atoms with Crippen LogP contribution < -0.4 is 4.74 Å². The van der Waals surface area contributed by atoms with Gasteiger partial charge >= 0.3 is 6.09 Å². The summed E-state index contributed by atoms with van der Waals surface area (Å²) in [5, 5.41) is 0. The van der Waals surface area contributed by atoms with Gasteiger partial charge in [-0.3, -0.25) is 4.79 Å². The summed E-state index contributed by atoms with van der Waals surface area (Å²) in [5.74, 6) is 2.12. The minimum atomic E-state index is -0.375. The Labute approximate surface area is 212 Å². The molecule has 0 aromatic heterocycles. The molecule has 3 fully saturated rings. The lowest BCUT2D eigenvalue weighted by molar-refractivity contribution is -0.133. The van der Waals surface area contributed by atoms with Gasteiger partial charge in [0.25, 0.3) is 0 Å². The summed E-state index contributed by atoms with van der Waals surface area (Å²) in [6.45, 7) is 3.95. The van der Waals surface area contributed by atoms with Crippen LogP contribution in [-0.4, -0.2) is 54.6 Å². The third-order valence-corrected chi connectivity index (χ3v) is 7.92. The Morgan fingerprint density at radius 2 is 1.75 bits per heavy atom. The van der Waals surface area contributed by atoms with Crippen molar-refractivity contribution in [2.75, 3.05) is 32.8 Å². The van der Waals surface area contributed by atoms with Crippen molar-refractivity contribution in [3.63, 3.8) is 0 Å². The average molecular weight is 495 g/mol. The number of carbonyl (C=O) groups is 2. The molecule has 0 spiro atoms. The molecular formula is C29H35FN2O4. The Morgan fingerprint density at radius 3 is 2.44 bits per heavy atom. The molecule has 36 heavy (non-hydrogen) atoms. The van der Waals surface area contributed by atoms with Crippen LogP contribution in [0.2, 0.25) is 0 Å². The van der Waals surface area contributed by atoms with Crippen molar-refractivity contribution in [1.82, 2.24) is 9.80 Å². The SMILES string of the molecule is O=C(Cc1ccc(OCC[C@@H]2C[C@@H]2C2CCN(C(=O)OCc3ccccc3)CC2)cc1F)N1CCC1. The van der Waals surface area contributed by atoms with Gasteiger partial charge in [-0.15, -0.1) is 0 Å². The second-order valence-electron chi connectivity index (χ2n) is 10.3. The van der Waals surface area contributed by atoms with Gasteiger partial charge < -0.3 is 19.3 Å². The second-order valence-corrected chi connectivity index (χ2v) is 10.3. The number of amides is 2. The van der Waals surface area contributed by atoms with Gasteiger partial charge in [-0.05, 0) is 67.1 Å². The van der Waals surface area contributed by atoms with Crippen molar-refractivity contribution in [3.05, 3.63) is 65.5 Å². The predicted molar refractivity (Wildman–Crippen MR) is 134 cm³/mol. The Morgan fingerprint density at radius 1 is 0.972 bits per heavy atom. The highest BCUT2D eigenvalue weighted by atomic mass is 19.1. The molecule has 2 amide bonds. The molecular weight excluding hydrogens is 459 g/mol. The molecule has 1 saturated carbocycles. The number of hydrogen-bond donors (Lipinski definition) is 0. The molecule has 2 aromatic rings. The fourth-order valence-electron chi connectivity index (χ4n) is 5.43. The van der Waals surface area contributed by atoms with Crippen molar-refractivity contribution in [2.45, 2.75) is 45.1 Å². The lowest BCUT2D eigenvalue weighted by atomic mass is 9.91. The van der Waals surface area contributed by atoms with Gasteiger partial charge in [-0.2, -0.15) is 0 Å². The number of hydrogen-bond acceptors (Lipinski definition) is 4. The normalized spacial score (nSPS) is 21.6. The van der Waals surface area contributed by atoms with Crippen molar-refractivity contribution in [2.24, 2.45) is 17.8 Å². The second kappa shape index (κ2) is 11.3. The molecule has 0 bridgehead atoms. The largest absolute Gasteiger partial charge is 0.493 e. The lowest BCUT2D eigenvalue weighted by Crippen LogP contribution is -2.42. The van der Waals surface area contributed by atoms with Crippen LogP contribution in [-0.2, 0) is 22.6 Å². The van der Waals surface area contributed by atoms with E-state index in [-0.39, 0.29) is 24.2 Å². The van der Waals surface area contributed by atoms with Gasteiger partial charge in [0.05, 0.1) is 13.0 Å². The zero-order chi connectivity index (χ0) is 24.9. The monoisotopic (exact) mass is 494 g/mol. The van der Waals surface area contributed by atoms with Crippen LogP contribution in [0.25, 0.3) is 0 Å². The standard InChI is InChI=1S/C29H35FN2O4/c30-27-19-25(8-7-24(27)18-28(33)31-12-4-13-31)35-16-11-23-17-26(23)22-9-14-32(15-10-22)29(34)36-20-21-5-2-1-3-6-21/h1-3,5-8,19,22-23,26H,4,9-18,20H2/t23-,26-/m1/s1. The van der Waals surface area contributed by atoms with E-state index >= 15 is 0 Å².